The second-order valence-electron chi connectivity index (χ2n) is 5.57. The molecule has 0 aliphatic carbocycles. The minimum atomic E-state index is -1.03. The number of hydrogen-bond acceptors (Lipinski definition) is 6. The molecule has 0 saturated heterocycles. The van der Waals surface area contributed by atoms with Crippen LogP contribution in [0.5, 0.6) is 0 Å². The minimum absolute atomic E-state index is 0.158. The van der Waals surface area contributed by atoms with Crippen LogP contribution in [-0.4, -0.2) is 34.1 Å². The zero-order valence-electron chi connectivity index (χ0n) is 14.6. The number of hydrogen-bond donors (Lipinski definition) is 4. The Labute approximate surface area is 159 Å². The Morgan fingerprint density at radius 2 is 1.75 bits per heavy atom. The van der Waals surface area contributed by atoms with E-state index in [1.165, 1.54) is 12.4 Å². The number of carbonyl (C=O) groups excluding carboxylic acids is 1. The van der Waals surface area contributed by atoms with Crippen molar-refractivity contribution < 1.29 is 13.6 Å². The molecule has 8 nitrogen and oxygen atoms in total. The van der Waals surface area contributed by atoms with Crippen LogP contribution < -0.4 is 21.3 Å². The van der Waals surface area contributed by atoms with Gasteiger partial charge >= 0.3 is 6.03 Å². The van der Waals surface area contributed by atoms with Gasteiger partial charge < -0.3 is 21.3 Å². The van der Waals surface area contributed by atoms with Crippen LogP contribution in [0.2, 0.25) is 0 Å². The standard InChI is InChI=1S/C18H17F2N7O/c19-13-5-4-12(9-14(13)20)26-18(28)23-8-7-22-16-10-17(25-11-24-16)27-15-3-1-2-6-21-15/h1-6,9-11H,7-8H2,(H2,23,26,28)(H2,21,22,24,25,27). The van der Waals surface area contributed by atoms with Crippen molar-refractivity contribution in [3.63, 3.8) is 0 Å². The van der Waals surface area contributed by atoms with Gasteiger partial charge in [-0.2, -0.15) is 0 Å². The summed E-state index contributed by atoms with van der Waals surface area (Å²) in [6, 6.07) is 9.77. The molecule has 28 heavy (non-hydrogen) atoms. The lowest BCUT2D eigenvalue weighted by atomic mass is 10.3. The third-order valence-electron chi connectivity index (χ3n) is 3.48. The maximum absolute atomic E-state index is 13.1. The molecule has 2 amide bonds. The number of halogens is 2. The van der Waals surface area contributed by atoms with E-state index in [-0.39, 0.29) is 12.2 Å². The second-order valence-corrected chi connectivity index (χ2v) is 5.57. The van der Waals surface area contributed by atoms with Crippen molar-refractivity contribution in [3.8, 4) is 0 Å². The van der Waals surface area contributed by atoms with Gasteiger partial charge in [0.15, 0.2) is 11.6 Å². The summed E-state index contributed by atoms with van der Waals surface area (Å²) < 4.78 is 26.0. The molecule has 0 aliphatic heterocycles. The third kappa shape index (κ3) is 5.59. The molecule has 144 valence electrons. The predicted molar refractivity (Wildman–Crippen MR) is 101 cm³/mol. The Hall–Kier alpha value is -3.82. The van der Waals surface area contributed by atoms with Crippen LogP contribution in [0.4, 0.5) is 36.7 Å². The van der Waals surface area contributed by atoms with Gasteiger partial charge in [0, 0.05) is 37.1 Å². The molecule has 4 N–H and O–H groups in total. The second kappa shape index (κ2) is 9.21. The van der Waals surface area contributed by atoms with E-state index in [0.29, 0.717) is 24.0 Å². The van der Waals surface area contributed by atoms with Crippen molar-refractivity contribution >= 4 is 29.2 Å². The fraction of sp³-hybridized carbons (Fsp3) is 0.111. The van der Waals surface area contributed by atoms with E-state index in [9.17, 15) is 13.6 Å². The average molecular weight is 385 g/mol. The van der Waals surface area contributed by atoms with Crippen molar-refractivity contribution in [1.82, 2.24) is 20.3 Å². The first-order valence-electron chi connectivity index (χ1n) is 8.34. The van der Waals surface area contributed by atoms with Crippen LogP contribution in [0.3, 0.4) is 0 Å². The summed E-state index contributed by atoms with van der Waals surface area (Å²) in [6.45, 7) is 0.674. The first kappa shape index (κ1) is 19.0. The van der Waals surface area contributed by atoms with Crippen LogP contribution in [0.15, 0.2) is 55.0 Å². The van der Waals surface area contributed by atoms with E-state index >= 15 is 0 Å². The summed E-state index contributed by atoms with van der Waals surface area (Å²) in [7, 11) is 0. The normalized spacial score (nSPS) is 10.2. The Balaban J connectivity index is 1.43. The fourth-order valence-corrected chi connectivity index (χ4v) is 2.21. The van der Waals surface area contributed by atoms with Crippen molar-refractivity contribution in [1.29, 1.82) is 0 Å². The first-order valence-corrected chi connectivity index (χ1v) is 8.34. The van der Waals surface area contributed by atoms with Crippen molar-refractivity contribution in [2.75, 3.05) is 29.0 Å². The largest absolute Gasteiger partial charge is 0.368 e. The maximum Gasteiger partial charge on any atom is 0.319 e. The first-order chi connectivity index (χ1) is 13.6. The molecule has 0 atom stereocenters. The van der Waals surface area contributed by atoms with Crippen LogP contribution in [0, 0.1) is 11.6 Å². The lowest BCUT2D eigenvalue weighted by Gasteiger charge is -2.10. The molecule has 0 radical (unpaired) electrons. The molecule has 0 bridgehead atoms. The van der Waals surface area contributed by atoms with Crippen molar-refractivity contribution in [2.45, 2.75) is 0 Å². The molecule has 2 heterocycles. The molecular weight excluding hydrogens is 368 g/mol. The Kier molecular flexibility index (Phi) is 6.24. The number of amides is 2. The van der Waals surface area contributed by atoms with E-state index in [0.717, 1.165) is 12.1 Å². The molecule has 3 rings (SSSR count). The molecule has 0 saturated carbocycles. The van der Waals surface area contributed by atoms with Gasteiger partial charge in [-0.3, -0.25) is 0 Å². The molecule has 0 spiro atoms. The van der Waals surface area contributed by atoms with Crippen molar-refractivity contribution in [3.05, 3.63) is 66.6 Å². The highest BCUT2D eigenvalue weighted by atomic mass is 19.2. The maximum atomic E-state index is 13.1. The molecule has 10 heteroatoms. The van der Waals surface area contributed by atoms with Gasteiger partial charge in [-0.15, -0.1) is 0 Å². The van der Waals surface area contributed by atoms with Gasteiger partial charge in [0.05, 0.1) is 0 Å². The predicted octanol–water partition coefficient (Wildman–Crippen LogP) is 3.13. The van der Waals surface area contributed by atoms with E-state index in [1.54, 1.807) is 12.3 Å². The van der Waals surface area contributed by atoms with Gasteiger partial charge in [-0.05, 0) is 24.3 Å². The Morgan fingerprint density at radius 1 is 0.893 bits per heavy atom. The Morgan fingerprint density at radius 3 is 2.54 bits per heavy atom. The molecular formula is C18H17F2N7O. The number of rotatable bonds is 7. The highest BCUT2D eigenvalue weighted by molar-refractivity contribution is 5.89. The van der Waals surface area contributed by atoms with Gasteiger partial charge in [0.2, 0.25) is 0 Å². The van der Waals surface area contributed by atoms with Crippen LogP contribution in [0.25, 0.3) is 0 Å². The topological polar surface area (TPSA) is 104 Å². The molecule has 0 unspecified atom stereocenters. The van der Waals surface area contributed by atoms with E-state index in [2.05, 4.69) is 36.2 Å². The van der Waals surface area contributed by atoms with Gasteiger partial charge in [0.25, 0.3) is 0 Å². The number of urea groups is 1. The highest BCUT2D eigenvalue weighted by Crippen LogP contribution is 2.14. The number of nitrogens with zero attached hydrogens (tertiary/aromatic N) is 3. The molecule has 0 fully saturated rings. The van der Waals surface area contributed by atoms with Crippen molar-refractivity contribution in [2.24, 2.45) is 0 Å². The lowest BCUT2D eigenvalue weighted by Crippen LogP contribution is -2.32. The van der Waals surface area contributed by atoms with E-state index in [1.807, 2.05) is 18.2 Å². The zero-order chi connectivity index (χ0) is 19.8. The highest BCUT2D eigenvalue weighted by Gasteiger charge is 2.06. The smallest absolute Gasteiger partial charge is 0.319 e. The third-order valence-corrected chi connectivity index (χ3v) is 3.48. The van der Waals surface area contributed by atoms with E-state index in [4.69, 9.17) is 0 Å². The van der Waals surface area contributed by atoms with Gasteiger partial charge in [0.1, 0.15) is 23.8 Å². The fourth-order valence-electron chi connectivity index (χ4n) is 2.21. The summed E-state index contributed by atoms with van der Waals surface area (Å²) in [5, 5.41) is 11.1. The molecule has 2 aromatic heterocycles. The Bertz CT molecular complexity index is 940. The quantitative estimate of drug-likeness (QED) is 0.466. The van der Waals surface area contributed by atoms with Crippen LogP contribution in [0.1, 0.15) is 0 Å². The number of nitrogens with one attached hydrogen (secondary N) is 4. The molecule has 0 aliphatic rings. The van der Waals surface area contributed by atoms with Crippen LogP contribution in [-0.2, 0) is 0 Å². The minimum Gasteiger partial charge on any atom is -0.368 e. The molecule has 3 aromatic rings. The monoisotopic (exact) mass is 385 g/mol. The van der Waals surface area contributed by atoms with E-state index < -0.39 is 17.7 Å². The number of benzene rings is 1. The average Bonchev–Trinajstić information content (AvgIpc) is 2.69. The van der Waals surface area contributed by atoms with Crippen LogP contribution >= 0.6 is 0 Å². The SMILES string of the molecule is O=C(NCCNc1cc(Nc2ccccn2)ncn1)Nc1ccc(F)c(F)c1. The summed E-state index contributed by atoms with van der Waals surface area (Å²) in [5.74, 6) is -0.213. The van der Waals surface area contributed by atoms with Gasteiger partial charge in [-0.25, -0.2) is 28.5 Å². The number of pyridine rings is 1. The zero-order valence-corrected chi connectivity index (χ0v) is 14.6. The van der Waals surface area contributed by atoms with Gasteiger partial charge in [-0.1, -0.05) is 6.07 Å². The summed E-state index contributed by atoms with van der Waals surface area (Å²) in [4.78, 5) is 24.1. The lowest BCUT2D eigenvalue weighted by molar-refractivity contribution is 0.252. The summed E-state index contributed by atoms with van der Waals surface area (Å²) in [5.41, 5.74) is 0.158. The number of anilines is 4. The summed E-state index contributed by atoms with van der Waals surface area (Å²) >= 11 is 0. The molecule has 1 aromatic carbocycles. The number of carbonyl (C=O) groups is 1. The number of aromatic nitrogens is 3. The summed E-state index contributed by atoms with van der Waals surface area (Å²) in [6.07, 6.45) is 3.07.